The maximum atomic E-state index is 12.8. The molecule has 0 spiro atoms. The molecule has 6 heteroatoms. The largest absolute Gasteiger partial charge is 0.462 e. The fourth-order valence-corrected chi connectivity index (χ4v) is 3.80. The Hall–Kier alpha value is -0.860. The zero-order chi connectivity index (χ0) is 15.7. The second-order valence-electron chi connectivity index (χ2n) is 4.69. The maximum absolute atomic E-state index is 12.8. The van der Waals surface area contributed by atoms with Crippen molar-refractivity contribution < 1.29 is 23.1 Å². The van der Waals surface area contributed by atoms with Gasteiger partial charge in [-0.25, -0.2) is 4.79 Å². The number of rotatable bonds is 7. The molecule has 0 N–H and O–H groups in total. The second kappa shape index (κ2) is 9.22. The van der Waals surface area contributed by atoms with E-state index < -0.39 is 13.6 Å². The summed E-state index contributed by atoms with van der Waals surface area (Å²) < 4.78 is 28.4. The van der Waals surface area contributed by atoms with Gasteiger partial charge in [0.25, 0.3) is 0 Å². The SMILES string of the molecule is CCOC(=O)C(=C=C1CCCCC1)P(=O)(OCC)OCC. The highest BCUT2D eigenvalue weighted by atomic mass is 31.2. The fraction of sp³-hybridized carbons (Fsp3) is 0.733. The first-order valence-electron chi connectivity index (χ1n) is 7.62. The van der Waals surface area contributed by atoms with Gasteiger partial charge in [0, 0.05) is 0 Å². The van der Waals surface area contributed by atoms with Crippen molar-refractivity contribution in [3.05, 3.63) is 16.6 Å². The molecule has 1 aliphatic rings. The summed E-state index contributed by atoms with van der Waals surface area (Å²) in [4.78, 5) is 12.1. The summed E-state index contributed by atoms with van der Waals surface area (Å²) >= 11 is 0. The van der Waals surface area contributed by atoms with E-state index in [0.717, 1.165) is 31.3 Å². The summed E-state index contributed by atoms with van der Waals surface area (Å²) in [5, 5.41) is -0.0926. The summed E-state index contributed by atoms with van der Waals surface area (Å²) in [6.07, 6.45) is 5.02. The quantitative estimate of drug-likeness (QED) is 0.305. The Morgan fingerprint density at radius 2 is 1.62 bits per heavy atom. The second-order valence-corrected chi connectivity index (χ2v) is 6.65. The standard InChI is InChI=1S/C15H25O5P/c1-4-18-15(16)14(12-13-10-8-7-9-11-13)21(17,19-5-2)20-6-3/h4-11H2,1-3H3. The van der Waals surface area contributed by atoms with E-state index in [1.165, 1.54) is 6.42 Å². The Bertz CT molecular complexity index is 445. The number of ether oxygens (including phenoxy) is 1. The molecule has 0 aromatic heterocycles. The molecule has 21 heavy (non-hydrogen) atoms. The molecular weight excluding hydrogens is 291 g/mol. The van der Waals surface area contributed by atoms with E-state index in [1.807, 2.05) is 0 Å². The summed E-state index contributed by atoms with van der Waals surface area (Å²) in [5.74, 6) is -0.666. The van der Waals surface area contributed by atoms with E-state index in [4.69, 9.17) is 13.8 Å². The molecule has 0 atom stereocenters. The van der Waals surface area contributed by atoms with Crippen LogP contribution in [0.1, 0.15) is 52.9 Å². The van der Waals surface area contributed by atoms with Crippen molar-refractivity contribution in [3.63, 3.8) is 0 Å². The van der Waals surface area contributed by atoms with Gasteiger partial charge in [0.05, 0.1) is 19.8 Å². The lowest BCUT2D eigenvalue weighted by atomic mass is 9.96. The molecule has 0 saturated heterocycles. The van der Waals surface area contributed by atoms with Crippen molar-refractivity contribution >= 4 is 13.6 Å². The lowest BCUT2D eigenvalue weighted by molar-refractivity contribution is -0.137. The Labute approximate surface area is 126 Å². The number of esters is 1. The van der Waals surface area contributed by atoms with Gasteiger partial charge >= 0.3 is 13.6 Å². The first-order chi connectivity index (χ1) is 10.1. The fourth-order valence-electron chi connectivity index (χ4n) is 2.21. The molecule has 0 aromatic rings. The van der Waals surface area contributed by atoms with Gasteiger partial charge in [-0.2, -0.15) is 0 Å². The Morgan fingerprint density at radius 3 is 2.10 bits per heavy atom. The first kappa shape index (κ1) is 18.2. The third-order valence-corrected chi connectivity index (χ3v) is 5.13. The van der Waals surface area contributed by atoms with Gasteiger partial charge in [-0.15, -0.1) is 0 Å². The minimum atomic E-state index is -3.67. The highest BCUT2D eigenvalue weighted by Gasteiger charge is 2.36. The summed E-state index contributed by atoms with van der Waals surface area (Å²) in [5.41, 5.74) is 3.99. The van der Waals surface area contributed by atoms with Crippen molar-refractivity contribution in [2.24, 2.45) is 0 Å². The van der Waals surface area contributed by atoms with Gasteiger partial charge in [0.2, 0.25) is 0 Å². The molecule has 1 saturated carbocycles. The topological polar surface area (TPSA) is 61.8 Å². The average Bonchev–Trinajstić information content (AvgIpc) is 2.46. The van der Waals surface area contributed by atoms with Crippen LogP contribution < -0.4 is 0 Å². The Morgan fingerprint density at radius 1 is 1.05 bits per heavy atom. The van der Waals surface area contributed by atoms with E-state index in [0.29, 0.717) is 0 Å². The molecule has 120 valence electrons. The van der Waals surface area contributed by atoms with Crippen molar-refractivity contribution in [1.29, 1.82) is 0 Å². The number of carbonyl (C=O) groups is 1. The first-order valence-corrected chi connectivity index (χ1v) is 9.17. The van der Waals surface area contributed by atoms with Crippen LogP contribution in [-0.4, -0.2) is 25.8 Å². The number of carbonyl (C=O) groups excluding carboxylic acids is 1. The van der Waals surface area contributed by atoms with Gasteiger partial charge in [-0.05, 0) is 52.0 Å². The van der Waals surface area contributed by atoms with Gasteiger partial charge in [-0.3, -0.25) is 4.57 Å². The van der Waals surface area contributed by atoms with E-state index in [1.54, 1.807) is 20.8 Å². The molecule has 0 heterocycles. The van der Waals surface area contributed by atoms with Crippen LogP contribution >= 0.6 is 7.60 Å². The summed E-state index contributed by atoms with van der Waals surface area (Å²) in [7, 11) is -3.67. The third kappa shape index (κ3) is 5.44. The summed E-state index contributed by atoms with van der Waals surface area (Å²) in [6.45, 7) is 5.71. The van der Waals surface area contributed by atoms with Gasteiger partial charge in [-0.1, -0.05) is 12.2 Å². The molecule has 5 nitrogen and oxygen atoms in total. The van der Waals surface area contributed by atoms with Crippen molar-refractivity contribution in [2.45, 2.75) is 52.9 Å². The van der Waals surface area contributed by atoms with Crippen LogP contribution in [0.15, 0.2) is 16.6 Å². The summed E-state index contributed by atoms with van der Waals surface area (Å²) in [6, 6.07) is 0. The zero-order valence-corrected chi connectivity index (χ0v) is 14.0. The van der Waals surface area contributed by atoms with Crippen LogP contribution in [0.25, 0.3) is 0 Å². The monoisotopic (exact) mass is 316 g/mol. The van der Waals surface area contributed by atoms with Crippen LogP contribution in [0.2, 0.25) is 0 Å². The van der Waals surface area contributed by atoms with Crippen LogP contribution in [0, 0.1) is 0 Å². The lowest BCUT2D eigenvalue weighted by Crippen LogP contribution is -2.11. The lowest BCUT2D eigenvalue weighted by Gasteiger charge is -2.18. The molecule has 1 fully saturated rings. The molecule has 0 unspecified atom stereocenters. The molecule has 0 aromatic carbocycles. The predicted molar refractivity (Wildman–Crippen MR) is 81.1 cm³/mol. The van der Waals surface area contributed by atoms with E-state index >= 15 is 0 Å². The van der Waals surface area contributed by atoms with Gasteiger partial charge in [0.15, 0.2) is 5.31 Å². The minimum absolute atomic E-state index is 0.0926. The molecule has 0 radical (unpaired) electrons. The normalized spacial score (nSPS) is 15.5. The van der Waals surface area contributed by atoms with Gasteiger partial charge < -0.3 is 13.8 Å². The van der Waals surface area contributed by atoms with Crippen molar-refractivity contribution in [3.8, 4) is 0 Å². The molecular formula is C15H25O5P. The van der Waals surface area contributed by atoms with E-state index in [9.17, 15) is 9.36 Å². The van der Waals surface area contributed by atoms with Crippen molar-refractivity contribution in [2.75, 3.05) is 19.8 Å². The number of hydrogen-bond acceptors (Lipinski definition) is 5. The molecule has 1 rings (SSSR count). The Kier molecular flexibility index (Phi) is 7.98. The number of hydrogen-bond donors (Lipinski definition) is 0. The molecule has 0 amide bonds. The Balaban J connectivity index is 3.25. The molecule has 0 aliphatic heterocycles. The highest BCUT2D eigenvalue weighted by Crippen LogP contribution is 2.56. The van der Waals surface area contributed by atoms with Crippen LogP contribution in [0.4, 0.5) is 0 Å². The van der Waals surface area contributed by atoms with Crippen LogP contribution in [0.5, 0.6) is 0 Å². The van der Waals surface area contributed by atoms with Crippen LogP contribution in [-0.2, 0) is 23.1 Å². The van der Waals surface area contributed by atoms with Crippen molar-refractivity contribution in [1.82, 2.24) is 0 Å². The third-order valence-electron chi connectivity index (χ3n) is 3.09. The molecule has 0 bridgehead atoms. The minimum Gasteiger partial charge on any atom is -0.462 e. The smallest absolute Gasteiger partial charge is 0.376 e. The zero-order valence-electron chi connectivity index (χ0n) is 13.1. The van der Waals surface area contributed by atoms with Crippen LogP contribution in [0.3, 0.4) is 0 Å². The highest BCUT2D eigenvalue weighted by molar-refractivity contribution is 7.59. The van der Waals surface area contributed by atoms with E-state index in [-0.39, 0.29) is 25.1 Å². The average molecular weight is 316 g/mol. The van der Waals surface area contributed by atoms with Gasteiger partial charge in [0.1, 0.15) is 0 Å². The maximum Gasteiger partial charge on any atom is 0.376 e. The van der Waals surface area contributed by atoms with E-state index in [2.05, 4.69) is 5.73 Å². The molecule has 1 aliphatic carbocycles. The predicted octanol–water partition coefficient (Wildman–Crippen LogP) is 4.19.